The highest BCUT2D eigenvalue weighted by Gasteiger charge is 2.13. The summed E-state index contributed by atoms with van der Waals surface area (Å²) in [6, 6.07) is 10.1. The first-order valence-electron chi connectivity index (χ1n) is 5.49. The van der Waals surface area contributed by atoms with Crippen molar-refractivity contribution in [2.75, 3.05) is 12.4 Å². The van der Waals surface area contributed by atoms with Crippen molar-refractivity contribution in [1.82, 2.24) is 0 Å². The second kappa shape index (κ2) is 5.36. The zero-order valence-corrected chi connectivity index (χ0v) is 10.1. The average molecular weight is 260 g/mol. The molecule has 3 nitrogen and oxygen atoms in total. The van der Waals surface area contributed by atoms with Crippen molar-refractivity contribution in [3.63, 3.8) is 0 Å². The van der Waals surface area contributed by atoms with Crippen molar-refractivity contribution in [3.05, 3.63) is 53.6 Å². The molecule has 0 heterocycles. The van der Waals surface area contributed by atoms with Crippen molar-refractivity contribution in [2.45, 2.75) is 0 Å². The highest BCUT2D eigenvalue weighted by atomic mass is 19.1. The molecule has 96 valence electrons. The molecule has 2 aromatic carbocycles. The van der Waals surface area contributed by atoms with Crippen LogP contribution in [0.25, 0.3) is 0 Å². The summed E-state index contributed by atoms with van der Waals surface area (Å²) >= 11 is 0. The van der Waals surface area contributed by atoms with Crippen LogP contribution in [-0.4, -0.2) is 7.05 Å². The largest absolute Gasteiger partial charge is 0.451 e. The number of rotatable bonds is 3. The van der Waals surface area contributed by atoms with Crippen LogP contribution in [0.1, 0.15) is 5.56 Å². The second-order valence-electron chi connectivity index (χ2n) is 3.76. The molecular formula is C14H10F2N2O. The van der Waals surface area contributed by atoms with E-state index in [9.17, 15) is 8.78 Å². The van der Waals surface area contributed by atoms with Gasteiger partial charge in [0.25, 0.3) is 0 Å². The highest BCUT2D eigenvalue weighted by Crippen LogP contribution is 2.29. The molecule has 19 heavy (non-hydrogen) atoms. The average Bonchev–Trinajstić information content (AvgIpc) is 2.43. The molecule has 0 unspecified atom stereocenters. The molecule has 0 amide bonds. The van der Waals surface area contributed by atoms with Crippen LogP contribution in [0, 0.1) is 23.0 Å². The smallest absolute Gasteiger partial charge is 0.198 e. The predicted molar refractivity (Wildman–Crippen MR) is 67.1 cm³/mol. The Labute approximate surface area is 109 Å². The second-order valence-corrected chi connectivity index (χ2v) is 3.76. The van der Waals surface area contributed by atoms with Crippen LogP contribution in [0.15, 0.2) is 36.4 Å². The lowest BCUT2D eigenvalue weighted by Gasteiger charge is -2.09. The van der Waals surface area contributed by atoms with Gasteiger partial charge >= 0.3 is 0 Å². The summed E-state index contributed by atoms with van der Waals surface area (Å²) in [5, 5.41) is 11.5. The maximum atomic E-state index is 13.6. The number of hydrogen-bond donors (Lipinski definition) is 1. The predicted octanol–water partition coefficient (Wildman–Crippen LogP) is 3.67. The third-order valence-corrected chi connectivity index (χ3v) is 2.49. The van der Waals surface area contributed by atoms with Gasteiger partial charge in [-0.25, -0.2) is 8.78 Å². The van der Waals surface area contributed by atoms with Crippen LogP contribution < -0.4 is 10.1 Å². The van der Waals surface area contributed by atoms with E-state index in [4.69, 9.17) is 10.00 Å². The van der Waals surface area contributed by atoms with Gasteiger partial charge in [-0.05, 0) is 36.4 Å². The van der Waals surface area contributed by atoms with E-state index in [2.05, 4.69) is 5.32 Å². The minimum atomic E-state index is -0.908. The number of benzene rings is 2. The van der Waals surface area contributed by atoms with E-state index in [-0.39, 0.29) is 5.56 Å². The van der Waals surface area contributed by atoms with E-state index in [1.54, 1.807) is 37.4 Å². The molecule has 0 saturated heterocycles. The summed E-state index contributed by atoms with van der Waals surface area (Å²) in [7, 11) is 1.76. The number of halogens is 2. The minimum absolute atomic E-state index is 0.0899. The molecule has 0 aliphatic carbocycles. The Kier molecular flexibility index (Phi) is 3.62. The molecule has 0 bridgehead atoms. The molecule has 0 aromatic heterocycles. The lowest BCUT2D eigenvalue weighted by atomic mass is 10.2. The molecule has 0 radical (unpaired) electrons. The summed E-state index contributed by atoms with van der Waals surface area (Å²) in [6.07, 6.45) is 0. The van der Waals surface area contributed by atoms with Crippen LogP contribution in [0.3, 0.4) is 0 Å². The lowest BCUT2D eigenvalue weighted by Crippen LogP contribution is -1.94. The Morgan fingerprint density at radius 2 is 1.68 bits per heavy atom. The summed E-state index contributed by atoms with van der Waals surface area (Å²) in [5.41, 5.74) is 0.765. The Morgan fingerprint density at radius 1 is 1.11 bits per heavy atom. The lowest BCUT2D eigenvalue weighted by molar-refractivity contribution is 0.407. The third-order valence-electron chi connectivity index (χ3n) is 2.49. The molecular weight excluding hydrogens is 250 g/mol. The number of hydrogen-bond acceptors (Lipinski definition) is 3. The maximum absolute atomic E-state index is 13.6. The van der Waals surface area contributed by atoms with Gasteiger partial charge in [-0.1, -0.05) is 0 Å². The molecule has 0 atom stereocenters. The minimum Gasteiger partial charge on any atom is -0.451 e. The molecule has 0 saturated carbocycles. The van der Waals surface area contributed by atoms with E-state index in [1.165, 1.54) is 0 Å². The van der Waals surface area contributed by atoms with Crippen molar-refractivity contribution >= 4 is 5.69 Å². The number of ether oxygens (including phenoxy) is 1. The summed E-state index contributed by atoms with van der Waals surface area (Å²) in [6.45, 7) is 0. The van der Waals surface area contributed by atoms with Crippen LogP contribution >= 0.6 is 0 Å². The fourth-order valence-corrected chi connectivity index (χ4v) is 1.53. The fraction of sp³-hybridized carbons (Fsp3) is 0.0714. The molecule has 2 aromatic rings. The molecule has 5 heteroatoms. The van der Waals surface area contributed by atoms with Crippen molar-refractivity contribution in [1.29, 1.82) is 5.26 Å². The molecule has 1 N–H and O–H groups in total. The third kappa shape index (κ3) is 2.80. The van der Waals surface area contributed by atoms with Crippen LogP contribution in [-0.2, 0) is 0 Å². The normalized spacial score (nSPS) is 9.79. The fourth-order valence-electron chi connectivity index (χ4n) is 1.53. The van der Waals surface area contributed by atoms with Gasteiger partial charge in [0, 0.05) is 12.7 Å². The van der Waals surface area contributed by atoms with E-state index < -0.39 is 17.4 Å². The Hall–Kier alpha value is -2.61. The van der Waals surface area contributed by atoms with Gasteiger partial charge < -0.3 is 10.1 Å². The van der Waals surface area contributed by atoms with E-state index in [1.807, 2.05) is 0 Å². The van der Waals surface area contributed by atoms with Crippen LogP contribution in [0.4, 0.5) is 14.5 Å². The molecule has 0 spiro atoms. The quantitative estimate of drug-likeness (QED) is 0.915. The van der Waals surface area contributed by atoms with Gasteiger partial charge in [0.15, 0.2) is 17.4 Å². The van der Waals surface area contributed by atoms with Crippen molar-refractivity contribution in [3.8, 4) is 17.6 Å². The standard InChI is InChI=1S/C14H10F2N2O/c1-18-10-2-4-11(5-3-10)19-14-12(15)6-9(8-17)7-13(14)16/h2-7,18H,1H3. The zero-order chi connectivity index (χ0) is 13.8. The Balaban J connectivity index is 2.30. The Morgan fingerprint density at radius 3 is 2.16 bits per heavy atom. The SMILES string of the molecule is CNc1ccc(Oc2c(F)cc(C#N)cc2F)cc1. The number of anilines is 1. The first kappa shape index (κ1) is 12.8. The summed E-state index contributed by atoms with van der Waals surface area (Å²) in [5.74, 6) is -2.03. The van der Waals surface area contributed by atoms with E-state index in [0.29, 0.717) is 5.75 Å². The molecule has 0 fully saturated rings. The van der Waals surface area contributed by atoms with Gasteiger partial charge in [0.1, 0.15) is 5.75 Å². The maximum Gasteiger partial charge on any atom is 0.198 e. The number of nitriles is 1. The number of nitrogens with one attached hydrogen (secondary N) is 1. The first-order chi connectivity index (χ1) is 9.13. The molecule has 0 aliphatic heterocycles. The summed E-state index contributed by atoms with van der Waals surface area (Å²) < 4.78 is 32.4. The van der Waals surface area contributed by atoms with Gasteiger partial charge in [-0.3, -0.25) is 0 Å². The monoisotopic (exact) mass is 260 g/mol. The van der Waals surface area contributed by atoms with Crippen LogP contribution in [0.2, 0.25) is 0 Å². The van der Waals surface area contributed by atoms with Gasteiger partial charge in [-0.2, -0.15) is 5.26 Å². The van der Waals surface area contributed by atoms with Gasteiger partial charge in [0.2, 0.25) is 0 Å². The number of nitrogens with zero attached hydrogens (tertiary/aromatic N) is 1. The van der Waals surface area contributed by atoms with E-state index in [0.717, 1.165) is 17.8 Å². The first-order valence-corrected chi connectivity index (χ1v) is 5.49. The molecule has 2 rings (SSSR count). The zero-order valence-electron chi connectivity index (χ0n) is 10.1. The molecule has 0 aliphatic rings. The van der Waals surface area contributed by atoms with Gasteiger partial charge in [0.05, 0.1) is 11.6 Å². The Bertz CT molecular complexity index is 610. The van der Waals surface area contributed by atoms with E-state index >= 15 is 0 Å². The van der Waals surface area contributed by atoms with Gasteiger partial charge in [-0.15, -0.1) is 0 Å². The van der Waals surface area contributed by atoms with Crippen molar-refractivity contribution in [2.24, 2.45) is 0 Å². The topological polar surface area (TPSA) is 45.0 Å². The van der Waals surface area contributed by atoms with Crippen molar-refractivity contribution < 1.29 is 13.5 Å². The highest BCUT2D eigenvalue weighted by molar-refractivity contribution is 5.47. The van der Waals surface area contributed by atoms with Crippen LogP contribution in [0.5, 0.6) is 11.5 Å². The summed E-state index contributed by atoms with van der Waals surface area (Å²) in [4.78, 5) is 0.